The fourth-order valence-electron chi connectivity index (χ4n) is 2.84. The van der Waals surface area contributed by atoms with Crippen LogP contribution >= 0.6 is 0 Å². The van der Waals surface area contributed by atoms with Crippen molar-refractivity contribution < 1.29 is 28.4 Å². The Hall–Kier alpha value is -3.82. The summed E-state index contributed by atoms with van der Waals surface area (Å²) in [5.74, 6) is -2.96. The highest BCUT2D eigenvalue weighted by molar-refractivity contribution is 6.23. The lowest BCUT2D eigenvalue weighted by Crippen LogP contribution is -2.51. The summed E-state index contributed by atoms with van der Waals surface area (Å²) < 4.78 is 19.8. The number of halogens is 1. The van der Waals surface area contributed by atoms with Gasteiger partial charge in [0, 0.05) is 6.07 Å². The van der Waals surface area contributed by atoms with Crippen molar-refractivity contribution in [1.82, 2.24) is 5.32 Å². The third-order valence-electron chi connectivity index (χ3n) is 4.25. The van der Waals surface area contributed by atoms with E-state index in [1.807, 2.05) is 0 Å². The van der Waals surface area contributed by atoms with Crippen LogP contribution in [0.3, 0.4) is 0 Å². The van der Waals surface area contributed by atoms with Crippen molar-refractivity contribution in [2.24, 2.45) is 0 Å². The molecule has 0 aliphatic heterocycles. The minimum atomic E-state index is -1.25. The number of alkyl carbamates (subject to hydrolysis) is 1. The number of nitrogens with zero attached hydrogens (tertiary/aromatic N) is 2. The zero-order chi connectivity index (χ0) is 24.1. The Bertz CT molecular complexity index is 1030. The highest BCUT2D eigenvalue weighted by Gasteiger charge is 2.35. The first-order valence-electron chi connectivity index (χ1n) is 9.82. The van der Waals surface area contributed by atoms with E-state index in [1.165, 1.54) is 36.4 Å². The molecule has 0 fully saturated rings. The van der Waals surface area contributed by atoms with Gasteiger partial charge in [0.2, 0.25) is 0 Å². The van der Waals surface area contributed by atoms with Gasteiger partial charge in [0.05, 0.1) is 10.6 Å². The van der Waals surface area contributed by atoms with Crippen molar-refractivity contribution in [3.05, 3.63) is 70.0 Å². The maximum absolute atomic E-state index is 14.6. The number of hydrogen-bond acceptors (Lipinski definition) is 6. The van der Waals surface area contributed by atoms with Crippen molar-refractivity contribution in [2.45, 2.75) is 45.8 Å². The van der Waals surface area contributed by atoms with Crippen LogP contribution in [-0.4, -0.2) is 34.5 Å². The molecule has 0 saturated heterocycles. The minimum absolute atomic E-state index is 0.0488. The Morgan fingerprint density at radius 3 is 2.28 bits per heavy atom. The van der Waals surface area contributed by atoms with Crippen LogP contribution in [0.2, 0.25) is 0 Å². The number of carbonyl (C=O) groups is 3. The van der Waals surface area contributed by atoms with Crippen LogP contribution < -0.4 is 10.2 Å². The number of nitro groups is 1. The van der Waals surface area contributed by atoms with Crippen LogP contribution in [0.5, 0.6) is 0 Å². The van der Waals surface area contributed by atoms with E-state index in [4.69, 9.17) is 4.74 Å². The second kappa shape index (κ2) is 9.99. The van der Waals surface area contributed by atoms with Gasteiger partial charge in [0.1, 0.15) is 23.0 Å². The van der Waals surface area contributed by atoms with Crippen LogP contribution in [0.15, 0.2) is 48.5 Å². The second-order valence-corrected chi connectivity index (χ2v) is 7.81. The van der Waals surface area contributed by atoms with Gasteiger partial charge in [-0.05, 0) is 45.4 Å². The Morgan fingerprint density at radius 2 is 1.72 bits per heavy atom. The maximum Gasteiger partial charge on any atom is 0.408 e. The van der Waals surface area contributed by atoms with E-state index in [0.717, 1.165) is 12.1 Å². The molecule has 2 aromatic carbocycles. The number of ether oxygens (including phenoxy) is 1. The number of nitro benzene ring substituents is 1. The normalized spacial score (nSPS) is 11.9. The first-order chi connectivity index (χ1) is 15.0. The lowest BCUT2D eigenvalue weighted by Gasteiger charge is -2.27. The van der Waals surface area contributed by atoms with Gasteiger partial charge in [-0.3, -0.25) is 19.7 Å². The summed E-state index contributed by atoms with van der Waals surface area (Å²) in [5, 5.41) is 13.8. The fourth-order valence-corrected chi connectivity index (χ4v) is 2.84. The zero-order valence-electron chi connectivity index (χ0n) is 18.1. The van der Waals surface area contributed by atoms with Gasteiger partial charge in [-0.1, -0.05) is 31.2 Å². The maximum atomic E-state index is 14.6. The number of benzene rings is 2. The molecule has 0 saturated carbocycles. The van der Waals surface area contributed by atoms with E-state index in [9.17, 15) is 28.9 Å². The number of hydrogen-bond donors (Lipinski definition) is 1. The topological polar surface area (TPSA) is 119 Å². The fraction of sp³-hybridized carbons (Fsp3) is 0.318. The van der Waals surface area contributed by atoms with Crippen molar-refractivity contribution >= 4 is 29.3 Å². The molecule has 0 radical (unpaired) electrons. The van der Waals surface area contributed by atoms with Gasteiger partial charge in [0.25, 0.3) is 17.5 Å². The van der Waals surface area contributed by atoms with E-state index < -0.39 is 57.2 Å². The molecule has 0 aliphatic rings. The van der Waals surface area contributed by atoms with Crippen molar-refractivity contribution in [3.8, 4) is 0 Å². The summed E-state index contributed by atoms with van der Waals surface area (Å²) in [6.07, 6.45) is -0.850. The molecule has 3 amide bonds. The zero-order valence-corrected chi connectivity index (χ0v) is 18.1. The quantitative estimate of drug-likeness (QED) is 0.525. The Labute approximate surface area is 184 Å². The minimum Gasteiger partial charge on any atom is -0.444 e. The van der Waals surface area contributed by atoms with Crippen LogP contribution in [0.25, 0.3) is 0 Å². The molecule has 1 atom stereocenters. The molecule has 10 heteroatoms. The molecule has 0 aliphatic carbocycles. The first-order valence-corrected chi connectivity index (χ1v) is 9.82. The molecule has 0 unspecified atom stereocenters. The van der Waals surface area contributed by atoms with Crippen molar-refractivity contribution in [3.63, 3.8) is 0 Å². The number of para-hydroxylation sites is 2. The number of imide groups is 1. The molecule has 0 bridgehead atoms. The van der Waals surface area contributed by atoms with Gasteiger partial charge >= 0.3 is 6.09 Å². The molecule has 2 rings (SSSR count). The highest BCUT2D eigenvalue weighted by atomic mass is 19.1. The van der Waals surface area contributed by atoms with Gasteiger partial charge in [0.15, 0.2) is 0 Å². The average Bonchev–Trinajstić information content (AvgIpc) is 2.72. The molecule has 0 aromatic heterocycles. The largest absolute Gasteiger partial charge is 0.444 e. The Balaban J connectivity index is 2.51. The van der Waals surface area contributed by atoms with Gasteiger partial charge in [-0.2, -0.15) is 0 Å². The van der Waals surface area contributed by atoms with Crippen LogP contribution in [0.4, 0.5) is 20.6 Å². The van der Waals surface area contributed by atoms with Crippen LogP contribution in [0, 0.1) is 15.9 Å². The molecule has 0 heterocycles. The Morgan fingerprint density at radius 1 is 1.12 bits per heavy atom. The molecule has 2 aromatic rings. The monoisotopic (exact) mass is 445 g/mol. The number of nitrogens with one attached hydrogen (secondary N) is 1. The SMILES string of the molecule is CC[C@H](NC(=O)OC(C)(C)C)C(=O)N(C(=O)c1ccccc1[N+](=O)[O-])c1ccccc1F. The van der Waals surface area contributed by atoms with Crippen LogP contribution in [-0.2, 0) is 9.53 Å². The van der Waals surface area contributed by atoms with E-state index in [1.54, 1.807) is 27.7 Å². The number of anilines is 1. The summed E-state index contributed by atoms with van der Waals surface area (Å²) in [6, 6.07) is 8.79. The predicted octanol–water partition coefficient (Wildman–Crippen LogP) is 4.21. The molecule has 32 heavy (non-hydrogen) atoms. The molecular weight excluding hydrogens is 421 g/mol. The summed E-state index contributed by atoms with van der Waals surface area (Å²) in [7, 11) is 0. The lowest BCUT2D eigenvalue weighted by molar-refractivity contribution is -0.385. The average molecular weight is 445 g/mol. The van der Waals surface area contributed by atoms with E-state index in [2.05, 4.69) is 5.32 Å². The van der Waals surface area contributed by atoms with Gasteiger partial charge < -0.3 is 10.1 Å². The summed E-state index contributed by atoms with van der Waals surface area (Å²) in [5.41, 5.74) is -2.18. The number of amides is 3. The first kappa shape index (κ1) is 24.4. The molecular formula is C22H24FN3O6. The molecule has 170 valence electrons. The van der Waals surface area contributed by atoms with Crippen molar-refractivity contribution in [1.29, 1.82) is 0 Å². The van der Waals surface area contributed by atoms with Gasteiger partial charge in [-0.25, -0.2) is 14.1 Å². The smallest absolute Gasteiger partial charge is 0.408 e. The van der Waals surface area contributed by atoms with Crippen LogP contribution in [0.1, 0.15) is 44.5 Å². The summed E-state index contributed by atoms with van der Waals surface area (Å²) in [6.45, 7) is 6.49. The standard InChI is InChI=1S/C22H24FN3O6/c1-5-16(24-21(29)32-22(2,3)4)20(28)25(18-13-9-7-11-15(18)23)19(27)14-10-6-8-12-17(14)26(30)31/h6-13,16H,5H2,1-4H3,(H,24,29)/t16-/m0/s1. The lowest BCUT2D eigenvalue weighted by atomic mass is 10.1. The Kier molecular flexibility index (Phi) is 7.63. The number of rotatable bonds is 6. The third-order valence-corrected chi connectivity index (χ3v) is 4.25. The van der Waals surface area contributed by atoms with E-state index in [-0.39, 0.29) is 6.42 Å². The second-order valence-electron chi connectivity index (χ2n) is 7.81. The van der Waals surface area contributed by atoms with Gasteiger partial charge in [-0.15, -0.1) is 0 Å². The molecule has 9 nitrogen and oxygen atoms in total. The predicted molar refractivity (Wildman–Crippen MR) is 115 cm³/mol. The number of carbonyl (C=O) groups excluding carboxylic acids is 3. The summed E-state index contributed by atoms with van der Waals surface area (Å²) in [4.78, 5) is 49.9. The van der Waals surface area contributed by atoms with E-state index >= 15 is 0 Å². The molecule has 1 N–H and O–H groups in total. The van der Waals surface area contributed by atoms with E-state index in [0.29, 0.717) is 4.90 Å². The van der Waals surface area contributed by atoms with Crippen molar-refractivity contribution in [2.75, 3.05) is 4.90 Å². The third kappa shape index (κ3) is 5.87. The molecule has 0 spiro atoms. The highest BCUT2D eigenvalue weighted by Crippen LogP contribution is 2.26. The summed E-state index contributed by atoms with van der Waals surface area (Å²) >= 11 is 0.